The molecule has 186 valence electrons. The minimum absolute atomic E-state index is 0.178. The van der Waals surface area contributed by atoms with E-state index < -0.39 is 30.1 Å². The second-order valence-corrected chi connectivity index (χ2v) is 9.96. The molecule has 9 heteroatoms. The number of alkyl halides is 1. The molecule has 1 aromatic carbocycles. The van der Waals surface area contributed by atoms with E-state index >= 15 is 4.39 Å². The number of carbonyl (C=O) groups excluding carboxylic acids is 1. The topological polar surface area (TPSA) is 90.6 Å². The Labute approximate surface area is 208 Å². The van der Waals surface area contributed by atoms with Gasteiger partial charge < -0.3 is 10.5 Å². The van der Waals surface area contributed by atoms with Gasteiger partial charge in [0.05, 0.1) is 17.6 Å². The van der Waals surface area contributed by atoms with Crippen LogP contribution in [0.15, 0.2) is 71.7 Å². The van der Waals surface area contributed by atoms with Crippen LogP contribution in [-0.2, 0) is 4.79 Å². The van der Waals surface area contributed by atoms with Crippen molar-refractivity contribution >= 4 is 28.9 Å². The first-order valence-electron chi connectivity index (χ1n) is 11.8. The molecule has 0 saturated heterocycles. The molecule has 0 aliphatic heterocycles. The Bertz CT molecular complexity index is 1160. The number of hydrogen-bond acceptors (Lipinski definition) is 4. The number of allylic oxidation sites excluding steroid dienone is 3. The molecule has 1 saturated carbocycles. The number of aromatic nitrogens is 1. The van der Waals surface area contributed by atoms with Gasteiger partial charge in [-0.05, 0) is 60.7 Å². The molecule has 6 atom stereocenters. The zero-order valence-electron chi connectivity index (χ0n) is 19.7. The van der Waals surface area contributed by atoms with E-state index in [4.69, 9.17) is 11.6 Å². The number of quaternary nitrogens is 1. The number of halogens is 2. The molecule has 4 unspecified atom stereocenters. The molecule has 2 aliphatic rings. The number of amides is 1. The number of anilines is 1. The summed E-state index contributed by atoms with van der Waals surface area (Å²) in [5.74, 6) is -0.888. The third kappa shape index (κ3) is 5.83. The third-order valence-electron chi connectivity index (χ3n) is 6.87. The maximum atomic E-state index is 15.0. The Kier molecular flexibility index (Phi) is 7.74. The smallest absolute Gasteiger partial charge is 0.255 e. The molecule has 0 spiro atoms. The lowest BCUT2D eigenvalue weighted by molar-refractivity contribution is -0.853. The molecule has 2 aromatic rings. The fraction of sp³-hybridized carbons (Fsp3) is 0.385. The van der Waals surface area contributed by atoms with Crippen LogP contribution in [0, 0.1) is 23.0 Å². The lowest BCUT2D eigenvalue weighted by atomic mass is 9.94. The average molecular weight is 501 g/mol. The molecule has 7 nitrogen and oxygen atoms in total. The van der Waals surface area contributed by atoms with Crippen molar-refractivity contribution in [1.82, 2.24) is 9.88 Å². The largest absolute Gasteiger partial charge is 0.608 e. The molecule has 0 radical (unpaired) electrons. The fourth-order valence-electron chi connectivity index (χ4n) is 4.78. The molecule has 1 amide bonds. The number of rotatable bonds is 7. The van der Waals surface area contributed by atoms with Crippen LogP contribution < -0.4 is 21.5 Å². The maximum absolute atomic E-state index is 15.0. The van der Waals surface area contributed by atoms with Gasteiger partial charge in [-0.3, -0.25) is 19.3 Å². The summed E-state index contributed by atoms with van der Waals surface area (Å²) in [7, 11) is 0. The number of pyridine rings is 1. The average Bonchev–Trinajstić information content (AvgIpc) is 3.25. The predicted molar refractivity (Wildman–Crippen MR) is 135 cm³/mol. The lowest BCUT2D eigenvalue weighted by Gasteiger charge is -2.33. The highest BCUT2D eigenvalue weighted by Crippen LogP contribution is 2.32. The van der Waals surface area contributed by atoms with Crippen LogP contribution in [0.4, 0.5) is 10.1 Å². The van der Waals surface area contributed by atoms with Gasteiger partial charge in [0, 0.05) is 29.4 Å². The van der Waals surface area contributed by atoms with Crippen LogP contribution in [0.25, 0.3) is 5.70 Å². The third-order valence-corrected chi connectivity index (χ3v) is 7.12. The highest BCUT2D eigenvalue weighted by Gasteiger charge is 2.42. The highest BCUT2D eigenvalue weighted by atomic mass is 35.5. The van der Waals surface area contributed by atoms with E-state index in [2.05, 4.69) is 24.6 Å². The molecular weight excluding hydrogens is 471 g/mol. The van der Waals surface area contributed by atoms with Crippen LogP contribution in [-0.4, -0.2) is 28.7 Å². The Balaban J connectivity index is 1.45. The summed E-state index contributed by atoms with van der Waals surface area (Å²) in [5.41, 5.74) is 3.65. The summed E-state index contributed by atoms with van der Waals surface area (Å²) in [4.78, 5) is 25.1. The molecule has 4 rings (SSSR count). The number of benzene rings is 1. The summed E-state index contributed by atoms with van der Waals surface area (Å²) in [6, 6.07) is 10.7. The van der Waals surface area contributed by atoms with Crippen molar-refractivity contribution in [3.05, 3.63) is 87.5 Å². The summed E-state index contributed by atoms with van der Waals surface area (Å²) in [6.07, 6.45) is 5.59. The van der Waals surface area contributed by atoms with Crippen LogP contribution >= 0.6 is 11.6 Å². The van der Waals surface area contributed by atoms with E-state index in [1.807, 2.05) is 0 Å². The van der Waals surface area contributed by atoms with Gasteiger partial charge >= 0.3 is 0 Å². The summed E-state index contributed by atoms with van der Waals surface area (Å²) in [5, 5.41) is 16.4. The molecule has 1 fully saturated rings. The van der Waals surface area contributed by atoms with E-state index in [0.717, 1.165) is 0 Å². The van der Waals surface area contributed by atoms with Gasteiger partial charge in [-0.25, -0.2) is 9.82 Å². The van der Waals surface area contributed by atoms with Crippen LogP contribution in [0.5, 0.6) is 0 Å². The van der Waals surface area contributed by atoms with Crippen molar-refractivity contribution in [2.45, 2.75) is 44.9 Å². The fourth-order valence-corrected chi connectivity index (χ4v) is 4.91. The first kappa shape index (κ1) is 25.2. The van der Waals surface area contributed by atoms with Gasteiger partial charge in [0.1, 0.15) is 12.2 Å². The van der Waals surface area contributed by atoms with Crippen molar-refractivity contribution in [3.8, 4) is 0 Å². The van der Waals surface area contributed by atoms with Gasteiger partial charge in [0.25, 0.3) is 5.56 Å². The Hall–Kier alpha value is -2.94. The SMILES string of the molecule is CC(C)C1C[C@H](NC(=O)C2C=CC(n3ccccc3=O)=CC2F)[C@@H]([NH+]([O-])Nc2ccc(Cl)cc2)C1. The molecule has 2 aliphatic carbocycles. The summed E-state index contributed by atoms with van der Waals surface area (Å²) in [6.45, 7) is 4.20. The Morgan fingerprint density at radius 2 is 1.94 bits per heavy atom. The number of nitrogens with zero attached hydrogens (tertiary/aromatic N) is 1. The number of hydroxylamine groups is 1. The molecule has 0 bridgehead atoms. The maximum Gasteiger partial charge on any atom is 0.255 e. The van der Waals surface area contributed by atoms with Crippen LogP contribution in [0.1, 0.15) is 26.7 Å². The number of hydrogen-bond donors (Lipinski definition) is 3. The van der Waals surface area contributed by atoms with Crippen LogP contribution in [0.2, 0.25) is 5.02 Å². The van der Waals surface area contributed by atoms with Crippen molar-refractivity contribution < 1.29 is 14.4 Å². The normalized spacial score (nSPS) is 26.9. The minimum Gasteiger partial charge on any atom is -0.608 e. The van der Waals surface area contributed by atoms with Crippen molar-refractivity contribution in [2.75, 3.05) is 5.43 Å². The van der Waals surface area contributed by atoms with E-state index in [1.54, 1.807) is 48.7 Å². The summed E-state index contributed by atoms with van der Waals surface area (Å²) < 4.78 is 16.4. The quantitative estimate of drug-likeness (QED) is 0.509. The molecule has 3 N–H and O–H groups in total. The number of nitrogens with one attached hydrogen (secondary N) is 3. The van der Waals surface area contributed by atoms with Gasteiger partial charge in [-0.1, -0.05) is 37.6 Å². The minimum atomic E-state index is -1.59. The first-order chi connectivity index (χ1) is 16.7. The van der Waals surface area contributed by atoms with E-state index in [1.165, 1.54) is 22.8 Å². The summed E-state index contributed by atoms with van der Waals surface area (Å²) >= 11 is 5.93. The second kappa shape index (κ2) is 10.8. The van der Waals surface area contributed by atoms with Crippen molar-refractivity contribution in [3.63, 3.8) is 0 Å². The lowest BCUT2D eigenvalue weighted by Crippen LogP contribution is -3.15. The van der Waals surface area contributed by atoms with E-state index in [9.17, 15) is 14.8 Å². The zero-order valence-corrected chi connectivity index (χ0v) is 20.4. The van der Waals surface area contributed by atoms with Crippen molar-refractivity contribution in [1.29, 1.82) is 0 Å². The second-order valence-electron chi connectivity index (χ2n) is 9.52. The van der Waals surface area contributed by atoms with Gasteiger partial charge in [0.2, 0.25) is 5.91 Å². The highest BCUT2D eigenvalue weighted by molar-refractivity contribution is 6.30. The Morgan fingerprint density at radius 3 is 2.60 bits per heavy atom. The molecule has 1 aromatic heterocycles. The van der Waals surface area contributed by atoms with Gasteiger partial charge in [0.15, 0.2) is 0 Å². The Morgan fingerprint density at radius 1 is 1.20 bits per heavy atom. The standard InChI is InChI=1S/C26H30ClFN4O3/c1-16(2)17-13-23(24(14-17)32(35)30-19-8-6-18(27)7-9-19)29-26(34)21-11-10-20(15-22(21)28)31-12-4-3-5-25(31)33/h3-12,15-17,21-24,30,32H,13-14H2,1-2H3,(H,29,34)/t17?,21?,22?,23-,24-/m0/s1. The van der Waals surface area contributed by atoms with Crippen LogP contribution in [0.3, 0.4) is 0 Å². The zero-order chi connectivity index (χ0) is 25.1. The molecule has 1 heterocycles. The van der Waals surface area contributed by atoms with Crippen molar-refractivity contribution in [2.24, 2.45) is 17.8 Å². The predicted octanol–water partition coefficient (Wildman–Crippen LogP) is 3.20. The van der Waals surface area contributed by atoms with Gasteiger partial charge in [-0.2, -0.15) is 0 Å². The molecular formula is C26H30ClFN4O3. The van der Waals surface area contributed by atoms with E-state index in [0.29, 0.717) is 35.2 Å². The molecule has 35 heavy (non-hydrogen) atoms. The monoisotopic (exact) mass is 500 g/mol. The van der Waals surface area contributed by atoms with E-state index in [-0.39, 0.29) is 16.6 Å². The first-order valence-corrected chi connectivity index (χ1v) is 12.2. The van der Waals surface area contributed by atoms with Gasteiger partial charge in [-0.15, -0.1) is 0 Å². The number of carbonyl (C=O) groups is 1.